The summed E-state index contributed by atoms with van der Waals surface area (Å²) in [5.41, 5.74) is 1.76. The Morgan fingerprint density at radius 3 is 1.62 bits per heavy atom. The average Bonchev–Trinajstić information content (AvgIpc) is 2.46. The van der Waals surface area contributed by atoms with Gasteiger partial charge in [-0.3, -0.25) is 10.1 Å². The molecule has 0 aliphatic heterocycles. The molecule has 0 saturated carbocycles. The molecule has 1 atom stereocenters. The molecule has 0 fully saturated rings. The highest BCUT2D eigenvalue weighted by Crippen LogP contribution is 2.32. The van der Waals surface area contributed by atoms with E-state index >= 15 is 0 Å². The first-order valence-electron chi connectivity index (χ1n) is 6.67. The molecule has 5 heteroatoms. The first kappa shape index (κ1) is 15.8. The van der Waals surface area contributed by atoms with Crippen molar-refractivity contribution in [1.29, 1.82) is 0 Å². The Kier molecular flexibility index (Phi) is 5.21. The van der Waals surface area contributed by atoms with Crippen LogP contribution in [-0.4, -0.2) is 11.0 Å². The van der Waals surface area contributed by atoms with Crippen molar-refractivity contribution in [3.63, 3.8) is 0 Å². The van der Waals surface area contributed by atoms with Crippen LogP contribution < -0.4 is 0 Å². The van der Waals surface area contributed by atoms with E-state index < -0.39 is 6.04 Å². The topological polar surface area (TPSA) is 43.1 Å². The molecule has 0 aromatic heterocycles. The van der Waals surface area contributed by atoms with Crippen molar-refractivity contribution in [2.24, 2.45) is 0 Å². The Hall–Kier alpha value is -1.58. The Labute approximate surface area is 133 Å². The molecular formula is C16H15Cl2NO2. The number of hydrogen-bond donors (Lipinski definition) is 0. The molecule has 0 radical (unpaired) electrons. The summed E-state index contributed by atoms with van der Waals surface area (Å²) in [6, 6.07) is 13.7. The second-order valence-corrected chi connectivity index (χ2v) is 5.71. The van der Waals surface area contributed by atoms with E-state index in [0.29, 0.717) is 16.5 Å². The van der Waals surface area contributed by atoms with Gasteiger partial charge in [0.05, 0.1) is 5.92 Å². The van der Waals surface area contributed by atoms with Gasteiger partial charge < -0.3 is 0 Å². The molecule has 21 heavy (non-hydrogen) atoms. The van der Waals surface area contributed by atoms with Crippen LogP contribution in [0.1, 0.15) is 30.4 Å². The standard InChI is InChI=1S/C16H15Cl2NO2/c1-2-15(19(20)21)16(11-3-7-13(17)8-4-11)12-5-9-14(18)10-6-12/h3-10,15-16H,2H2,1H3/t15-/m0/s1. The van der Waals surface area contributed by atoms with E-state index in [0.717, 1.165) is 11.1 Å². The fourth-order valence-electron chi connectivity index (χ4n) is 2.48. The van der Waals surface area contributed by atoms with Gasteiger partial charge in [0.15, 0.2) is 0 Å². The third-order valence-corrected chi connectivity index (χ3v) is 4.04. The average molecular weight is 324 g/mol. The van der Waals surface area contributed by atoms with Crippen molar-refractivity contribution in [3.05, 3.63) is 79.8 Å². The third-order valence-electron chi connectivity index (χ3n) is 3.53. The fourth-order valence-corrected chi connectivity index (χ4v) is 2.74. The SMILES string of the molecule is CC[C@@H](C(c1ccc(Cl)cc1)c1ccc(Cl)cc1)[N+](=O)[O-]. The second kappa shape index (κ2) is 6.92. The largest absolute Gasteiger partial charge is 0.264 e. The molecule has 2 aromatic carbocycles. The van der Waals surface area contributed by atoms with Crippen molar-refractivity contribution in [3.8, 4) is 0 Å². The lowest BCUT2D eigenvalue weighted by molar-refractivity contribution is -0.525. The van der Waals surface area contributed by atoms with Gasteiger partial charge in [-0.2, -0.15) is 0 Å². The zero-order valence-electron chi connectivity index (χ0n) is 11.5. The van der Waals surface area contributed by atoms with Crippen molar-refractivity contribution < 1.29 is 4.92 Å². The molecule has 0 aliphatic carbocycles. The summed E-state index contributed by atoms with van der Waals surface area (Å²) in [4.78, 5) is 11.2. The minimum atomic E-state index is -0.688. The minimum Gasteiger partial charge on any atom is -0.264 e. The summed E-state index contributed by atoms with van der Waals surface area (Å²) in [6.45, 7) is 1.83. The van der Waals surface area contributed by atoms with Gasteiger partial charge in [0.1, 0.15) is 0 Å². The van der Waals surface area contributed by atoms with Gasteiger partial charge in [-0.15, -0.1) is 0 Å². The Bertz CT molecular complexity index is 566. The van der Waals surface area contributed by atoms with Gasteiger partial charge in [-0.25, -0.2) is 0 Å². The van der Waals surface area contributed by atoms with Crippen molar-refractivity contribution in [2.45, 2.75) is 25.3 Å². The minimum absolute atomic E-state index is 0.214. The van der Waals surface area contributed by atoms with Gasteiger partial charge >= 0.3 is 0 Å². The van der Waals surface area contributed by atoms with E-state index in [1.54, 1.807) is 24.3 Å². The normalized spacial score (nSPS) is 12.4. The van der Waals surface area contributed by atoms with E-state index in [1.807, 2.05) is 31.2 Å². The summed E-state index contributed by atoms with van der Waals surface area (Å²) >= 11 is 11.8. The second-order valence-electron chi connectivity index (χ2n) is 4.84. The molecule has 2 aromatic rings. The number of halogens is 2. The monoisotopic (exact) mass is 323 g/mol. The third kappa shape index (κ3) is 3.74. The highest BCUT2D eigenvalue weighted by atomic mass is 35.5. The zero-order chi connectivity index (χ0) is 15.4. The molecule has 0 aliphatic rings. The molecule has 0 amide bonds. The summed E-state index contributed by atoms with van der Waals surface area (Å²) in [5, 5.41) is 12.6. The molecule has 0 N–H and O–H groups in total. The summed E-state index contributed by atoms with van der Waals surface area (Å²) in [6.07, 6.45) is 0.447. The molecule has 2 rings (SSSR count). The number of benzene rings is 2. The Morgan fingerprint density at radius 1 is 0.952 bits per heavy atom. The maximum atomic E-state index is 11.4. The van der Waals surface area contributed by atoms with E-state index in [9.17, 15) is 10.1 Å². The van der Waals surface area contributed by atoms with Gasteiger partial charge in [0, 0.05) is 21.4 Å². The summed E-state index contributed by atoms with van der Waals surface area (Å²) in [7, 11) is 0. The van der Waals surface area contributed by atoms with Crippen molar-refractivity contribution in [1.82, 2.24) is 0 Å². The number of hydrogen-bond acceptors (Lipinski definition) is 2. The fraction of sp³-hybridized carbons (Fsp3) is 0.250. The quantitative estimate of drug-likeness (QED) is 0.562. The molecule has 0 unspecified atom stereocenters. The van der Waals surface area contributed by atoms with Gasteiger partial charge in [0.2, 0.25) is 6.04 Å². The van der Waals surface area contributed by atoms with Gasteiger partial charge in [0.25, 0.3) is 0 Å². The van der Waals surface area contributed by atoms with Gasteiger partial charge in [-0.1, -0.05) is 54.4 Å². The first-order valence-corrected chi connectivity index (χ1v) is 7.43. The van der Waals surface area contributed by atoms with Crippen LogP contribution in [0.5, 0.6) is 0 Å². The zero-order valence-corrected chi connectivity index (χ0v) is 13.0. The predicted octanol–water partition coefficient (Wildman–Crippen LogP) is 5.18. The molecule has 0 spiro atoms. The first-order chi connectivity index (χ1) is 10.0. The van der Waals surface area contributed by atoms with Crippen LogP contribution >= 0.6 is 23.2 Å². The Morgan fingerprint density at radius 2 is 1.33 bits per heavy atom. The summed E-state index contributed by atoms with van der Waals surface area (Å²) in [5.74, 6) is -0.320. The molecule has 0 bridgehead atoms. The highest BCUT2D eigenvalue weighted by Gasteiger charge is 2.32. The van der Waals surface area contributed by atoms with E-state index in [2.05, 4.69) is 0 Å². The maximum Gasteiger partial charge on any atom is 0.223 e. The number of nitrogens with zero attached hydrogens (tertiary/aromatic N) is 1. The van der Waals surface area contributed by atoms with Crippen LogP contribution in [0, 0.1) is 10.1 Å². The number of rotatable bonds is 5. The van der Waals surface area contributed by atoms with Crippen LogP contribution in [0.25, 0.3) is 0 Å². The van der Waals surface area contributed by atoms with Crippen molar-refractivity contribution in [2.75, 3.05) is 0 Å². The van der Waals surface area contributed by atoms with Crippen LogP contribution in [0.15, 0.2) is 48.5 Å². The number of nitro groups is 1. The van der Waals surface area contributed by atoms with Crippen LogP contribution in [0.2, 0.25) is 10.0 Å². The molecule has 0 heterocycles. The molecular weight excluding hydrogens is 309 g/mol. The lowest BCUT2D eigenvalue weighted by Crippen LogP contribution is -2.27. The predicted molar refractivity (Wildman–Crippen MR) is 85.8 cm³/mol. The lowest BCUT2D eigenvalue weighted by atomic mass is 9.84. The molecule has 0 saturated heterocycles. The van der Waals surface area contributed by atoms with Gasteiger partial charge in [-0.05, 0) is 35.4 Å². The summed E-state index contributed by atoms with van der Waals surface area (Å²) < 4.78 is 0. The molecule has 110 valence electrons. The van der Waals surface area contributed by atoms with E-state index in [1.165, 1.54) is 0 Å². The lowest BCUT2D eigenvalue weighted by Gasteiger charge is -2.21. The highest BCUT2D eigenvalue weighted by molar-refractivity contribution is 6.30. The smallest absolute Gasteiger partial charge is 0.223 e. The van der Waals surface area contributed by atoms with Crippen LogP contribution in [0.3, 0.4) is 0 Å². The Balaban J connectivity index is 2.50. The van der Waals surface area contributed by atoms with Crippen molar-refractivity contribution >= 4 is 23.2 Å². The maximum absolute atomic E-state index is 11.4. The molecule has 3 nitrogen and oxygen atoms in total. The van der Waals surface area contributed by atoms with Crippen LogP contribution in [0.4, 0.5) is 0 Å². The van der Waals surface area contributed by atoms with Crippen LogP contribution in [-0.2, 0) is 0 Å². The van der Waals surface area contributed by atoms with E-state index in [-0.39, 0.29) is 10.8 Å². The van der Waals surface area contributed by atoms with E-state index in [4.69, 9.17) is 23.2 Å².